The molecule has 178 valence electrons. The quantitative estimate of drug-likeness (QED) is 0.594. The molecule has 0 amide bonds. The second kappa shape index (κ2) is 9.36. The van der Waals surface area contributed by atoms with Gasteiger partial charge in [0.25, 0.3) is 0 Å². The number of sulfonamides is 1. The summed E-state index contributed by atoms with van der Waals surface area (Å²) in [7, 11) is -5.29. The van der Waals surface area contributed by atoms with Crippen LogP contribution in [0.5, 0.6) is 0 Å². The Bertz CT molecular complexity index is 1010. The molecule has 1 aliphatic carbocycles. The van der Waals surface area contributed by atoms with Crippen molar-refractivity contribution < 1.29 is 31.5 Å². The number of hydrogen-bond donors (Lipinski definition) is 2. The summed E-state index contributed by atoms with van der Waals surface area (Å²) in [5.41, 5.74) is 5.46. The number of likely N-dealkylation sites (N-methyl/N-ethyl adjacent to an activating group) is 1. The minimum atomic E-state index is -4.69. The van der Waals surface area contributed by atoms with Gasteiger partial charge in [0, 0.05) is 24.5 Å². The summed E-state index contributed by atoms with van der Waals surface area (Å²) < 4.78 is 68.3. The molecule has 1 aromatic rings. The second-order valence-corrected chi connectivity index (χ2v) is 15.8. The standard InChI is InChI=1S/C20H28F3N3O4SSi/c1-26(18-7-5-6-17(16(18)11-24)25-12-19(27)28)31(29,30)14-8-13(20(21,22)23)9-15(10-14)32(2,3)4/h8-11,18H,5-7,12,24H2,1-4H3,(H,27,28)/t18-/m1/s1. The lowest BCUT2D eigenvalue weighted by molar-refractivity contribution is -0.138. The number of alkyl halides is 3. The van der Waals surface area contributed by atoms with Crippen LogP contribution in [0.25, 0.3) is 0 Å². The van der Waals surface area contributed by atoms with E-state index in [-0.39, 0.29) is 0 Å². The number of benzene rings is 1. The normalized spacial score (nSPS) is 20.8. The smallest absolute Gasteiger partial charge is 0.416 e. The molecule has 0 aliphatic heterocycles. The first kappa shape index (κ1) is 26.1. The van der Waals surface area contributed by atoms with E-state index in [1.807, 2.05) is 19.6 Å². The van der Waals surface area contributed by atoms with Crippen molar-refractivity contribution in [2.45, 2.75) is 56.0 Å². The number of carboxylic acid groups (broad SMARTS) is 1. The molecule has 3 N–H and O–H groups in total. The Morgan fingerprint density at radius 3 is 2.44 bits per heavy atom. The zero-order chi connectivity index (χ0) is 24.5. The summed E-state index contributed by atoms with van der Waals surface area (Å²) in [5.74, 6) is -1.14. The van der Waals surface area contributed by atoms with Gasteiger partial charge < -0.3 is 10.8 Å². The number of halogens is 3. The molecule has 0 saturated heterocycles. The Hall–Kier alpha value is -2.18. The average molecular weight is 492 g/mol. The molecule has 0 bridgehead atoms. The molecule has 7 nitrogen and oxygen atoms in total. The van der Waals surface area contributed by atoms with Crippen LogP contribution in [0.2, 0.25) is 19.6 Å². The van der Waals surface area contributed by atoms with Gasteiger partial charge in [-0.15, -0.1) is 0 Å². The molecule has 0 unspecified atom stereocenters. The van der Waals surface area contributed by atoms with Crippen LogP contribution in [-0.4, -0.2) is 57.2 Å². The lowest BCUT2D eigenvalue weighted by Crippen LogP contribution is -2.44. The zero-order valence-electron chi connectivity index (χ0n) is 18.4. The average Bonchev–Trinajstić information content (AvgIpc) is 2.69. The molecular weight excluding hydrogens is 463 g/mol. The van der Waals surface area contributed by atoms with E-state index in [4.69, 9.17) is 10.8 Å². The summed E-state index contributed by atoms with van der Waals surface area (Å²) in [6.45, 7) is 5.03. The van der Waals surface area contributed by atoms with Crippen molar-refractivity contribution >= 4 is 35.0 Å². The van der Waals surface area contributed by atoms with E-state index in [0.717, 1.165) is 10.4 Å². The Morgan fingerprint density at radius 1 is 1.31 bits per heavy atom. The van der Waals surface area contributed by atoms with Gasteiger partial charge in [0.1, 0.15) is 6.54 Å². The molecule has 12 heteroatoms. The van der Waals surface area contributed by atoms with Gasteiger partial charge >= 0.3 is 12.1 Å². The van der Waals surface area contributed by atoms with Crippen LogP contribution in [0, 0.1) is 0 Å². The van der Waals surface area contributed by atoms with E-state index < -0.39 is 53.3 Å². The number of nitrogens with two attached hydrogens (primary N) is 1. The van der Waals surface area contributed by atoms with Crippen molar-refractivity contribution in [1.82, 2.24) is 4.31 Å². The number of carbonyl (C=O) groups is 1. The van der Waals surface area contributed by atoms with Gasteiger partial charge in [-0.1, -0.05) is 30.9 Å². The number of hydrogen-bond acceptors (Lipinski definition) is 5. The van der Waals surface area contributed by atoms with E-state index in [1.165, 1.54) is 19.3 Å². The van der Waals surface area contributed by atoms with Gasteiger partial charge in [0.2, 0.25) is 10.0 Å². The van der Waals surface area contributed by atoms with Crippen molar-refractivity contribution in [1.29, 1.82) is 0 Å². The molecule has 0 spiro atoms. The first-order chi connectivity index (χ1) is 14.6. The highest BCUT2D eigenvalue weighted by Gasteiger charge is 2.38. The highest BCUT2D eigenvalue weighted by molar-refractivity contribution is 7.89. The van der Waals surface area contributed by atoms with Crippen molar-refractivity contribution in [2.75, 3.05) is 13.6 Å². The maximum atomic E-state index is 13.5. The number of carboxylic acids is 1. The van der Waals surface area contributed by atoms with Crippen LogP contribution in [0.1, 0.15) is 24.8 Å². The van der Waals surface area contributed by atoms with E-state index in [9.17, 15) is 26.4 Å². The van der Waals surface area contributed by atoms with E-state index in [2.05, 4.69) is 4.99 Å². The second-order valence-electron chi connectivity index (χ2n) is 8.70. The van der Waals surface area contributed by atoms with E-state index >= 15 is 0 Å². The highest BCUT2D eigenvalue weighted by Crippen LogP contribution is 2.33. The molecule has 1 saturated carbocycles. The molecule has 1 atom stereocenters. The summed E-state index contributed by atoms with van der Waals surface area (Å²) >= 11 is 0. The summed E-state index contributed by atoms with van der Waals surface area (Å²) in [5, 5.41) is 9.26. The molecule has 0 aromatic heterocycles. The molecule has 0 heterocycles. The Labute approximate surface area is 186 Å². The minimum Gasteiger partial charge on any atom is -0.480 e. The van der Waals surface area contributed by atoms with Crippen LogP contribution in [0.3, 0.4) is 0 Å². The van der Waals surface area contributed by atoms with Gasteiger partial charge in [0.15, 0.2) is 0 Å². The molecule has 0 radical (unpaired) electrons. The maximum absolute atomic E-state index is 13.5. The van der Waals surface area contributed by atoms with Gasteiger partial charge in [-0.2, -0.15) is 17.5 Å². The largest absolute Gasteiger partial charge is 0.480 e. The van der Waals surface area contributed by atoms with Crippen molar-refractivity contribution in [2.24, 2.45) is 10.7 Å². The number of aliphatic imine (C=N–C) groups is 1. The molecule has 1 aromatic carbocycles. The maximum Gasteiger partial charge on any atom is 0.416 e. The lowest BCUT2D eigenvalue weighted by atomic mass is 9.88. The van der Waals surface area contributed by atoms with Crippen molar-refractivity contribution in [3.05, 3.63) is 35.5 Å². The monoisotopic (exact) mass is 491 g/mol. The molecule has 1 aliphatic rings. The fourth-order valence-electron chi connectivity index (χ4n) is 3.55. The zero-order valence-corrected chi connectivity index (χ0v) is 20.2. The van der Waals surface area contributed by atoms with Crippen LogP contribution in [0.4, 0.5) is 13.2 Å². The van der Waals surface area contributed by atoms with E-state index in [1.54, 1.807) is 0 Å². The van der Waals surface area contributed by atoms with Crippen LogP contribution in [0.15, 0.2) is 39.9 Å². The van der Waals surface area contributed by atoms with Crippen molar-refractivity contribution in [3.63, 3.8) is 0 Å². The SMILES string of the molecule is CN([C@@H]1CCCC(=NCC(=O)O)C1=CN)S(=O)(=O)c1cc(C(F)(F)F)cc([Si](C)(C)C)c1. The van der Waals surface area contributed by atoms with Crippen LogP contribution < -0.4 is 10.9 Å². The predicted octanol–water partition coefficient (Wildman–Crippen LogP) is 2.79. The minimum absolute atomic E-state index is 0.362. The fourth-order valence-corrected chi connectivity index (χ4v) is 6.27. The van der Waals surface area contributed by atoms with Crippen LogP contribution in [-0.2, 0) is 21.0 Å². The van der Waals surface area contributed by atoms with Gasteiger partial charge in [-0.05, 0) is 31.4 Å². The Balaban J connectivity index is 2.55. The number of aliphatic carboxylic acids is 1. The fraction of sp³-hybridized carbons (Fsp3) is 0.500. The molecule has 1 fully saturated rings. The topological polar surface area (TPSA) is 113 Å². The van der Waals surface area contributed by atoms with Gasteiger partial charge in [-0.3, -0.25) is 9.79 Å². The number of rotatable bonds is 6. The first-order valence-corrected chi connectivity index (χ1v) is 14.9. The number of nitrogens with zero attached hydrogens (tertiary/aromatic N) is 2. The summed E-state index contributed by atoms with van der Waals surface area (Å²) in [6, 6.07) is 2.23. The first-order valence-electron chi connectivity index (χ1n) is 9.97. The summed E-state index contributed by atoms with van der Waals surface area (Å²) in [4.78, 5) is 14.5. The van der Waals surface area contributed by atoms with Crippen molar-refractivity contribution in [3.8, 4) is 0 Å². The van der Waals surface area contributed by atoms with E-state index in [0.29, 0.717) is 41.8 Å². The third-order valence-corrected chi connectivity index (χ3v) is 9.25. The molecule has 32 heavy (non-hydrogen) atoms. The lowest BCUT2D eigenvalue weighted by Gasteiger charge is -2.33. The Morgan fingerprint density at radius 2 is 1.94 bits per heavy atom. The third kappa shape index (κ3) is 5.78. The molecule has 2 rings (SSSR count). The molecular formula is C20H28F3N3O4SSi. The third-order valence-electron chi connectivity index (χ3n) is 5.38. The highest BCUT2D eigenvalue weighted by atomic mass is 32.2. The van der Waals surface area contributed by atoms with Crippen LogP contribution >= 0.6 is 0 Å². The summed E-state index contributed by atoms with van der Waals surface area (Å²) in [6.07, 6.45) is -2.16. The Kier molecular flexibility index (Phi) is 7.62. The van der Waals surface area contributed by atoms with Gasteiger partial charge in [0.05, 0.1) is 24.6 Å². The predicted molar refractivity (Wildman–Crippen MR) is 119 cm³/mol. The van der Waals surface area contributed by atoms with Gasteiger partial charge in [-0.25, -0.2) is 8.42 Å².